The molecular formula is C17H18BrF. The van der Waals surface area contributed by atoms with E-state index in [1.165, 1.54) is 17.2 Å². The lowest BCUT2D eigenvalue weighted by atomic mass is 9.91. The van der Waals surface area contributed by atoms with E-state index in [0.717, 1.165) is 30.2 Å². The molecule has 0 spiro atoms. The van der Waals surface area contributed by atoms with Crippen LogP contribution >= 0.6 is 15.9 Å². The molecule has 1 aliphatic rings. The number of benzene rings is 1. The Morgan fingerprint density at radius 1 is 1.16 bits per heavy atom. The van der Waals surface area contributed by atoms with Gasteiger partial charge in [0.05, 0.1) is 0 Å². The summed E-state index contributed by atoms with van der Waals surface area (Å²) in [7, 11) is 0. The molecule has 0 aliphatic heterocycles. The number of hydrogen-bond acceptors (Lipinski definition) is 0. The molecule has 1 aromatic rings. The van der Waals surface area contributed by atoms with E-state index in [1.807, 2.05) is 0 Å². The number of alkyl halides is 1. The van der Waals surface area contributed by atoms with Crippen molar-refractivity contribution in [2.75, 3.05) is 0 Å². The van der Waals surface area contributed by atoms with Gasteiger partial charge in [0.15, 0.2) is 0 Å². The van der Waals surface area contributed by atoms with Gasteiger partial charge in [-0.1, -0.05) is 58.4 Å². The molecule has 0 saturated heterocycles. The van der Waals surface area contributed by atoms with Crippen LogP contribution in [-0.2, 0) is 11.8 Å². The largest absolute Gasteiger partial charge is 0.207 e. The second-order valence-corrected chi connectivity index (χ2v) is 5.56. The molecule has 100 valence electrons. The first-order chi connectivity index (χ1) is 9.17. The second-order valence-electron chi connectivity index (χ2n) is 5.00. The Hall–Kier alpha value is -1.15. The van der Waals surface area contributed by atoms with E-state index in [2.05, 4.69) is 46.8 Å². The van der Waals surface area contributed by atoms with E-state index >= 15 is 0 Å². The van der Waals surface area contributed by atoms with Gasteiger partial charge < -0.3 is 0 Å². The number of allylic oxidation sites excluding steroid dienone is 5. The van der Waals surface area contributed by atoms with E-state index in [4.69, 9.17) is 0 Å². The van der Waals surface area contributed by atoms with Crippen LogP contribution in [0, 0.1) is 5.92 Å². The average Bonchev–Trinajstić information content (AvgIpc) is 2.42. The molecule has 1 unspecified atom stereocenters. The van der Waals surface area contributed by atoms with E-state index < -0.39 is 0 Å². The highest BCUT2D eigenvalue weighted by atomic mass is 79.9. The summed E-state index contributed by atoms with van der Waals surface area (Å²) < 4.78 is 13.6. The van der Waals surface area contributed by atoms with Crippen molar-refractivity contribution in [3.05, 3.63) is 71.6 Å². The van der Waals surface area contributed by atoms with Crippen LogP contribution < -0.4 is 0 Å². The predicted molar refractivity (Wildman–Crippen MR) is 83.0 cm³/mol. The summed E-state index contributed by atoms with van der Waals surface area (Å²) >= 11 is 3.44. The van der Waals surface area contributed by atoms with Gasteiger partial charge in [-0.15, -0.1) is 0 Å². The van der Waals surface area contributed by atoms with Gasteiger partial charge in [-0.2, -0.15) is 0 Å². The molecule has 2 rings (SSSR count). The monoisotopic (exact) mass is 320 g/mol. The molecule has 0 fully saturated rings. The fourth-order valence-corrected chi connectivity index (χ4v) is 2.62. The summed E-state index contributed by atoms with van der Waals surface area (Å²) in [4.78, 5) is 0. The van der Waals surface area contributed by atoms with Crippen molar-refractivity contribution in [3.63, 3.8) is 0 Å². The molecular weight excluding hydrogens is 303 g/mol. The van der Waals surface area contributed by atoms with Gasteiger partial charge >= 0.3 is 0 Å². The summed E-state index contributed by atoms with van der Waals surface area (Å²) in [5.41, 5.74) is 3.52. The molecule has 0 nitrogen and oxygen atoms in total. The van der Waals surface area contributed by atoms with E-state index in [-0.39, 0.29) is 11.7 Å². The van der Waals surface area contributed by atoms with Gasteiger partial charge in [0.2, 0.25) is 0 Å². The Kier molecular flexibility index (Phi) is 5.15. The number of halogens is 2. The lowest BCUT2D eigenvalue weighted by Gasteiger charge is -2.15. The van der Waals surface area contributed by atoms with Crippen molar-refractivity contribution in [1.29, 1.82) is 0 Å². The lowest BCUT2D eigenvalue weighted by Crippen LogP contribution is -2.04. The van der Waals surface area contributed by atoms with Crippen LogP contribution in [-0.4, -0.2) is 0 Å². The van der Waals surface area contributed by atoms with E-state index in [0.29, 0.717) is 0 Å². The maximum Gasteiger partial charge on any atom is 0.119 e. The minimum atomic E-state index is -0.150. The molecule has 19 heavy (non-hydrogen) atoms. The van der Waals surface area contributed by atoms with Crippen molar-refractivity contribution in [2.24, 2.45) is 5.92 Å². The molecule has 1 aromatic carbocycles. The zero-order valence-corrected chi connectivity index (χ0v) is 12.5. The fraction of sp³-hybridized carbons (Fsp3) is 0.294. The van der Waals surface area contributed by atoms with Crippen LogP contribution in [0.25, 0.3) is 0 Å². The van der Waals surface area contributed by atoms with Crippen LogP contribution in [0.15, 0.2) is 60.5 Å². The first-order valence-corrected chi connectivity index (χ1v) is 7.66. The van der Waals surface area contributed by atoms with Crippen LogP contribution in [0.1, 0.15) is 24.0 Å². The van der Waals surface area contributed by atoms with Crippen molar-refractivity contribution in [1.82, 2.24) is 0 Å². The van der Waals surface area contributed by atoms with Crippen LogP contribution in [0.4, 0.5) is 4.39 Å². The molecule has 0 saturated carbocycles. The molecule has 1 aliphatic carbocycles. The summed E-state index contributed by atoms with van der Waals surface area (Å²) in [6.07, 6.45) is 7.80. The molecule has 0 aromatic heterocycles. The average molecular weight is 321 g/mol. The van der Waals surface area contributed by atoms with E-state index in [9.17, 15) is 4.39 Å². The molecule has 0 heterocycles. The Morgan fingerprint density at radius 2 is 1.84 bits per heavy atom. The molecule has 0 amide bonds. The van der Waals surface area contributed by atoms with Gasteiger partial charge in [0.1, 0.15) is 5.83 Å². The van der Waals surface area contributed by atoms with Crippen molar-refractivity contribution in [2.45, 2.75) is 24.6 Å². The highest BCUT2D eigenvalue weighted by Crippen LogP contribution is 2.23. The molecule has 2 heteroatoms. The van der Waals surface area contributed by atoms with Crippen molar-refractivity contribution in [3.8, 4) is 0 Å². The summed E-state index contributed by atoms with van der Waals surface area (Å²) in [5.74, 6) is 0.0967. The summed E-state index contributed by atoms with van der Waals surface area (Å²) in [6, 6.07) is 8.50. The zero-order valence-electron chi connectivity index (χ0n) is 10.9. The third kappa shape index (κ3) is 4.46. The molecule has 0 radical (unpaired) electrons. The third-order valence-corrected chi connectivity index (χ3v) is 4.03. The molecule has 0 bridgehead atoms. The van der Waals surface area contributed by atoms with Gasteiger partial charge in [-0.05, 0) is 48.5 Å². The van der Waals surface area contributed by atoms with Crippen LogP contribution in [0.5, 0.6) is 0 Å². The first kappa shape index (κ1) is 14.3. The Labute approximate surface area is 122 Å². The van der Waals surface area contributed by atoms with Crippen LogP contribution in [0.3, 0.4) is 0 Å². The van der Waals surface area contributed by atoms with Crippen molar-refractivity contribution < 1.29 is 4.39 Å². The normalized spacial score (nSPS) is 24.2. The number of hydrogen-bond donors (Lipinski definition) is 0. The third-order valence-electron chi connectivity index (χ3n) is 3.38. The lowest BCUT2D eigenvalue weighted by molar-refractivity contribution is 0.557. The van der Waals surface area contributed by atoms with Crippen molar-refractivity contribution >= 4 is 15.9 Å². The quantitative estimate of drug-likeness (QED) is 0.645. The topological polar surface area (TPSA) is 0 Å². The maximum absolute atomic E-state index is 13.6. The van der Waals surface area contributed by atoms with Gasteiger partial charge in [-0.3, -0.25) is 0 Å². The fourth-order valence-electron chi connectivity index (χ4n) is 2.24. The maximum atomic E-state index is 13.6. The van der Waals surface area contributed by atoms with Gasteiger partial charge in [0, 0.05) is 5.33 Å². The number of rotatable bonds is 3. The summed E-state index contributed by atoms with van der Waals surface area (Å²) in [5, 5.41) is 0.871. The first-order valence-electron chi connectivity index (χ1n) is 6.54. The highest BCUT2D eigenvalue weighted by molar-refractivity contribution is 9.08. The summed E-state index contributed by atoms with van der Waals surface area (Å²) in [6.45, 7) is 3.93. The van der Waals surface area contributed by atoms with Gasteiger partial charge in [-0.25, -0.2) is 4.39 Å². The second kappa shape index (κ2) is 6.85. The van der Waals surface area contributed by atoms with Crippen LogP contribution in [0.2, 0.25) is 0 Å². The Bertz CT molecular complexity index is 496. The minimum Gasteiger partial charge on any atom is -0.207 e. The standard InChI is InChI=1S/C17H18BrF/c1-13-2-4-16(11-17(19)9-3-13)10-14-5-7-15(12-18)8-6-14/h3,5-9,11,16H,1-2,4,10,12H2/b9-3-,17-11+. The smallest absolute Gasteiger partial charge is 0.119 e. The SMILES string of the molecule is C=C1/C=C\C(F)=C/C(Cc2ccc(CBr)cc2)CC1. The predicted octanol–water partition coefficient (Wildman–Crippen LogP) is 5.50. The molecule has 0 N–H and O–H groups in total. The molecule has 1 atom stereocenters. The van der Waals surface area contributed by atoms with E-state index in [1.54, 1.807) is 12.2 Å². The Balaban J connectivity index is 2.08. The zero-order chi connectivity index (χ0) is 13.7. The van der Waals surface area contributed by atoms with Gasteiger partial charge in [0.25, 0.3) is 0 Å². The Morgan fingerprint density at radius 3 is 2.53 bits per heavy atom. The minimum absolute atomic E-state index is 0.150. The highest BCUT2D eigenvalue weighted by Gasteiger charge is 2.11.